The maximum Gasteiger partial charge on any atom is 0.270 e. The molecule has 2 amide bonds. The second-order valence-electron chi connectivity index (χ2n) is 9.44. The zero-order valence-corrected chi connectivity index (χ0v) is 20.0. The van der Waals surface area contributed by atoms with Crippen molar-refractivity contribution in [3.8, 4) is 11.3 Å². The van der Waals surface area contributed by atoms with Gasteiger partial charge in [0.2, 0.25) is 5.91 Å². The van der Waals surface area contributed by atoms with Gasteiger partial charge in [0.05, 0.1) is 5.69 Å². The molecule has 1 fully saturated rings. The number of aryl methyl sites for hydroxylation is 1. The minimum Gasteiger partial charge on any atom is -0.339 e. The van der Waals surface area contributed by atoms with E-state index in [9.17, 15) is 9.59 Å². The van der Waals surface area contributed by atoms with E-state index in [4.69, 9.17) is 0 Å². The molecule has 1 aliphatic rings. The molecular weight excluding hydrogens is 440 g/mol. The molecule has 0 unspecified atom stereocenters. The number of rotatable bonds is 6. The fourth-order valence-electron chi connectivity index (χ4n) is 4.96. The van der Waals surface area contributed by atoms with Crippen molar-refractivity contribution in [1.29, 1.82) is 0 Å². The summed E-state index contributed by atoms with van der Waals surface area (Å²) in [6.45, 7) is 2.24. The van der Waals surface area contributed by atoms with Crippen molar-refractivity contribution >= 4 is 23.1 Å². The molecule has 35 heavy (non-hydrogen) atoms. The number of nitrogens with zero attached hydrogens (tertiary/aromatic N) is 4. The highest BCUT2D eigenvalue weighted by molar-refractivity contribution is 6.00. The van der Waals surface area contributed by atoms with Gasteiger partial charge in [-0.2, -0.15) is 5.10 Å². The highest BCUT2D eigenvalue weighted by atomic mass is 16.2. The Morgan fingerprint density at radius 1 is 1.00 bits per heavy atom. The maximum absolute atomic E-state index is 13.4. The molecule has 0 saturated heterocycles. The Balaban J connectivity index is 1.34. The van der Waals surface area contributed by atoms with Crippen molar-refractivity contribution in [3.05, 3.63) is 72.8 Å². The van der Waals surface area contributed by atoms with Crippen molar-refractivity contribution in [2.24, 2.45) is 18.9 Å². The number of fused-ring (bicyclic) bond motifs is 1. The van der Waals surface area contributed by atoms with E-state index < -0.39 is 6.04 Å². The summed E-state index contributed by atoms with van der Waals surface area (Å²) in [5, 5.41) is 10.1. The smallest absolute Gasteiger partial charge is 0.270 e. The predicted molar refractivity (Wildman–Crippen MR) is 135 cm³/mol. The van der Waals surface area contributed by atoms with Gasteiger partial charge in [0.1, 0.15) is 17.4 Å². The summed E-state index contributed by atoms with van der Waals surface area (Å²) in [5.41, 5.74) is 4.06. The monoisotopic (exact) mass is 470 g/mol. The van der Waals surface area contributed by atoms with Crippen LogP contribution in [0.5, 0.6) is 0 Å². The van der Waals surface area contributed by atoms with Crippen LogP contribution in [0.15, 0.2) is 67.1 Å². The number of carbonyl (C=O) groups excluding carboxylic acids is 2. The van der Waals surface area contributed by atoms with Crippen molar-refractivity contribution < 1.29 is 9.59 Å². The molecule has 1 aromatic carbocycles. The molecule has 8 nitrogen and oxygen atoms in total. The lowest BCUT2D eigenvalue weighted by atomic mass is 9.79. The fourth-order valence-corrected chi connectivity index (χ4v) is 4.96. The number of imidazole rings is 1. The van der Waals surface area contributed by atoms with Crippen LogP contribution in [0.4, 0.5) is 5.69 Å². The predicted octanol–water partition coefficient (Wildman–Crippen LogP) is 4.30. The van der Waals surface area contributed by atoms with Crippen LogP contribution in [0.2, 0.25) is 0 Å². The lowest BCUT2D eigenvalue weighted by molar-refractivity contribution is -0.119. The molecule has 0 aliphatic heterocycles. The normalized spacial score (nSPS) is 18.8. The van der Waals surface area contributed by atoms with Crippen molar-refractivity contribution in [2.75, 3.05) is 5.32 Å². The number of carbonyl (C=O) groups is 2. The van der Waals surface area contributed by atoms with Gasteiger partial charge in [0.15, 0.2) is 0 Å². The van der Waals surface area contributed by atoms with Gasteiger partial charge in [-0.05, 0) is 60.6 Å². The molecule has 0 radical (unpaired) electrons. The molecule has 0 bridgehead atoms. The topological polar surface area (TPSA) is 93.3 Å². The molecule has 3 heterocycles. The van der Waals surface area contributed by atoms with E-state index >= 15 is 0 Å². The minimum absolute atomic E-state index is 0.0986. The van der Waals surface area contributed by atoms with Gasteiger partial charge in [0.25, 0.3) is 5.91 Å². The van der Waals surface area contributed by atoms with Gasteiger partial charge in [0, 0.05) is 31.3 Å². The minimum atomic E-state index is -0.607. The Bertz CT molecular complexity index is 1330. The Morgan fingerprint density at radius 2 is 1.77 bits per heavy atom. The molecule has 1 aliphatic carbocycles. The summed E-state index contributed by atoms with van der Waals surface area (Å²) in [5.74, 6) is 0.272. The van der Waals surface area contributed by atoms with Gasteiger partial charge < -0.3 is 10.6 Å². The van der Waals surface area contributed by atoms with Crippen LogP contribution in [0.1, 0.15) is 43.1 Å². The maximum atomic E-state index is 13.4. The van der Waals surface area contributed by atoms with Gasteiger partial charge in [-0.1, -0.05) is 38.0 Å². The molecule has 3 aromatic heterocycles. The number of pyridine rings is 1. The molecule has 1 atom stereocenters. The van der Waals surface area contributed by atoms with Gasteiger partial charge >= 0.3 is 0 Å². The SMILES string of the molecule is CC1CCC([C@H](NC(=O)c2ccnn2C)C(=O)Nc2ccc(-c3cccc4nccn34)cc2)CC1. The van der Waals surface area contributed by atoms with Crippen molar-refractivity contribution in [1.82, 2.24) is 24.5 Å². The third kappa shape index (κ3) is 4.82. The van der Waals surface area contributed by atoms with Crippen LogP contribution >= 0.6 is 0 Å². The number of benzene rings is 1. The van der Waals surface area contributed by atoms with E-state index in [1.54, 1.807) is 25.5 Å². The fraction of sp³-hybridized carbons (Fsp3) is 0.333. The number of aromatic nitrogens is 4. The second-order valence-corrected chi connectivity index (χ2v) is 9.44. The molecule has 4 aromatic rings. The third-order valence-corrected chi connectivity index (χ3v) is 7.03. The van der Waals surface area contributed by atoms with Crippen molar-refractivity contribution in [3.63, 3.8) is 0 Å². The average molecular weight is 471 g/mol. The number of hydrogen-bond donors (Lipinski definition) is 2. The molecule has 180 valence electrons. The summed E-state index contributed by atoms with van der Waals surface area (Å²) < 4.78 is 3.55. The Morgan fingerprint density at radius 3 is 2.49 bits per heavy atom. The van der Waals surface area contributed by atoms with Crippen LogP contribution in [0.25, 0.3) is 16.9 Å². The first-order valence-electron chi connectivity index (χ1n) is 12.1. The van der Waals surface area contributed by atoms with Gasteiger partial charge in [-0.15, -0.1) is 0 Å². The lowest BCUT2D eigenvalue weighted by Gasteiger charge is -2.32. The molecule has 1 saturated carbocycles. The Hall–Kier alpha value is -3.94. The third-order valence-electron chi connectivity index (χ3n) is 7.03. The van der Waals surface area contributed by atoms with E-state index in [0.717, 1.165) is 42.6 Å². The highest BCUT2D eigenvalue weighted by Gasteiger charge is 2.33. The standard InChI is InChI=1S/C27H30N6O2/c1-18-6-8-20(9-7-18)25(31-26(34)23-14-15-29-32(23)2)27(35)30-21-12-10-19(11-13-21)22-4-3-5-24-28-16-17-33(22)24/h3-5,10-18,20,25H,6-9H2,1-2H3,(H,30,35)(H,31,34)/t18?,20?,25-/m0/s1. The number of nitrogens with one attached hydrogen (secondary N) is 2. The lowest BCUT2D eigenvalue weighted by Crippen LogP contribution is -2.49. The number of hydrogen-bond acceptors (Lipinski definition) is 4. The van der Waals surface area contributed by atoms with Crippen molar-refractivity contribution in [2.45, 2.75) is 38.6 Å². The summed E-state index contributed by atoms with van der Waals surface area (Å²) in [7, 11) is 1.72. The first-order valence-corrected chi connectivity index (χ1v) is 12.1. The van der Waals surface area contributed by atoms with E-state index in [1.807, 2.05) is 53.1 Å². The van der Waals surface area contributed by atoms with E-state index in [-0.39, 0.29) is 17.7 Å². The zero-order chi connectivity index (χ0) is 24.4. The van der Waals surface area contributed by atoms with Gasteiger partial charge in [-0.3, -0.25) is 18.7 Å². The molecular formula is C27H30N6O2. The quantitative estimate of drug-likeness (QED) is 0.439. The Labute approximate surface area is 204 Å². The van der Waals surface area contributed by atoms with Gasteiger partial charge in [-0.25, -0.2) is 4.98 Å². The Kier molecular flexibility index (Phi) is 6.35. The first-order chi connectivity index (χ1) is 17.0. The highest BCUT2D eigenvalue weighted by Crippen LogP contribution is 2.31. The average Bonchev–Trinajstić information content (AvgIpc) is 3.52. The molecule has 2 N–H and O–H groups in total. The molecule has 5 rings (SSSR count). The van der Waals surface area contributed by atoms with E-state index in [2.05, 4.69) is 27.6 Å². The summed E-state index contributed by atoms with van der Waals surface area (Å²) >= 11 is 0. The number of amides is 2. The largest absolute Gasteiger partial charge is 0.339 e. The molecule has 0 spiro atoms. The molecule has 8 heteroatoms. The summed E-state index contributed by atoms with van der Waals surface area (Å²) in [6.07, 6.45) is 9.24. The summed E-state index contributed by atoms with van der Waals surface area (Å²) in [6, 6.07) is 14.8. The first kappa shape index (κ1) is 22.8. The number of anilines is 1. The van der Waals surface area contributed by atoms with E-state index in [1.165, 1.54) is 4.68 Å². The van der Waals surface area contributed by atoms with E-state index in [0.29, 0.717) is 17.3 Å². The summed E-state index contributed by atoms with van der Waals surface area (Å²) in [4.78, 5) is 30.7. The van der Waals surface area contributed by atoms with Crippen LogP contribution in [-0.4, -0.2) is 37.0 Å². The zero-order valence-electron chi connectivity index (χ0n) is 20.0. The van der Waals surface area contributed by atoms with Crippen LogP contribution in [0, 0.1) is 11.8 Å². The van der Waals surface area contributed by atoms with Crippen LogP contribution in [0.3, 0.4) is 0 Å². The van der Waals surface area contributed by atoms with Crippen LogP contribution in [-0.2, 0) is 11.8 Å². The van der Waals surface area contributed by atoms with Crippen LogP contribution < -0.4 is 10.6 Å². The second kappa shape index (κ2) is 9.74.